The third kappa shape index (κ3) is 2.67. The predicted molar refractivity (Wildman–Crippen MR) is 99.3 cm³/mol. The lowest BCUT2D eigenvalue weighted by molar-refractivity contribution is -0.390. The van der Waals surface area contributed by atoms with E-state index in [-0.39, 0.29) is 6.04 Å². The summed E-state index contributed by atoms with van der Waals surface area (Å²) < 4.78 is 6.82. The minimum atomic E-state index is -0.479. The highest BCUT2D eigenvalue weighted by Crippen LogP contribution is 2.64. The van der Waals surface area contributed by atoms with Crippen molar-refractivity contribution in [2.45, 2.75) is 101 Å². The number of hydrogen-bond donors (Lipinski definition) is 0. The summed E-state index contributed by atoms with van der Waals surface area (Å²) in [6.45, 7) is 0. The molecule has 0 N–H and O–H groups in total. The molecule has 5 nitrogen and oxygen atoms in total. The fraction of sp³-hybridized carbons (Fsp3) is 1.00. The molecule has 0 aromatic rings. The SMILES string of the molecule is O=NC1CCC(C2CCC3(CC2)OOC2(O3)C3CC4CC(C3)CC2C4)CC1. The summed E-state index contributed by atoms with van der Waals surface area (Å²) in [4.78, 5) is 23.0. The van der Waals surface area contributed by atoms with Gasteiger partial charge in [0.2, 0.25) is 11.6 Å². The Balaban J connectivity index is 1.11. The molecule has 0 amide bonds. The zero-order chi connectivity index (χ0) is 18.1. The molecule has 7 aliphatic rings. The molecule has 4 bridgehead atoms. The summed E-state index contributed by atoms with van der Waals surface area (Å²) in [7, 11) is 0. The monoisotopic (exact) mass is 375 g/mol. The maximum absolute atomic E-state index is 10.8. The molecule has 6 aliphatic carbocycles. The van der Waals surface area contributed by atoms with Crippen molar-refractivity contribution in [2.75, 3.05) is 0 Å². The Hall–Kier alpha value is -0.520. The molecular formula is C22H33NO4. The first kappa shape index (κ1) is 17.3. The molecule has 1 aliphatic heterocycles. The number of hydrogen-bond acceptors (Lipinski definition) is 5. The zero-order valence-corrected chi connectivity index (χ0v) is 16.3. The second kappa shape index (κ2) is 6.24. The van der Waals surface area contributed by atoms with Gasteiger partial charge < -0.3 is 4.74 Å². The summed E-state index contributed by atoms with van der Waals surface area (Å²) >= 11 is 0. The van der Waals surface area contributed by atoms with Crippen molar-refractivity contribution in [3.8, 4) is 0 Å². The van der Waals surface area contributed by atoms with Crippen molar-refractivity contribution in [1.29, 1.82) is 0 Å². The highest BCUT2D eigenvalue weighted by Gasteiger charge is 2.66. The first-order valence-electron chi connectivity index (χ1n) is 11.6. The topological polar surface area (TPSA) is 57.1 Å². The zero-order valence-electron chi connectivity index (χ0n) is 16.3. The third-order valence-electron chi connectivity index (χ3n) is 9.29. The van der Waals surface area contributed by atoms with E-state index in [9.17, 15) is 4.91 Å². The maximum Gasteiger partial charge on any atom is 0.210 e. The van der Waals surface area contributed by atoms with Gasteiger partial charge in [0.05, 0.1) is 6.04 Å². The third-order valence-corrected chi connectivity index (χ3v) is 9.29. The van der Waals surface area contributed by atoms with Crippen LogP contribution in [0.15, 0.2) is 5.18 Å². The molecule has 27 heavy (non-hydrogen) atoms. The van der Waals surface area contributed by atoms with E-state index in [1.165, 1.54) is 57.8 Å². The van der Waals surface area contributed by atoms with Gasteiger partial charge in [0.25, 0.3) is 0 Å². The molecule has 2 spiro atoms. The van der Waals surface area contributed by atoms with Gasteiger partial charge in [-0.3, -0.25) is 0 Å². The van der Waals surface area contributed by atoms with Crippen molar-refractivity contribution < 1.29 is 14.5 Å². The summed E-state index contributed by atoms with van der Waals surface area (Å²) in [5.41, 5.74) is 0. The Kier molecular flexibility index (Phi) is 4.01. The number of ether oxygens (including phenoxy) is 1. The average molecular weight is 376 g/mol. The van der Waals surface area contributed by atoms with E-state index >= 15 is 0 Å². The van der Waals surface area contributed by atoms with Gasteiger partial charge in [0, 0.05) is 24.7 Å². The summed E-state index contributed by atoms with van der Waals surface area (Å²) in [6, 6.07) is 0.0721. The average Bonchev–Trinajstić information content (AvgIpc) is 3.07. The van der Waals surface area contributed by atoms with Gasteiger partial charge in [-0.25, -0.2) is 0 Å². The summed E-state index contributed by atoms with van der Waals surface area (Å²) in [5, 5.41) is 3.26. The van der Waals surface area contributed by atoms with Crippen LogP contribution in [0.3, 0.4) is 0 Å². The molecule has 1 heterocycles. The Bertz CT molecular complexity index is 563. The van der Waals surface area contributed by atoms with Crippen molar-refractivity contribution in [3.63, 3.8) is 0 Å². The van der Waals surface area contributed by atoms with Crippen molar-refractivity contribution in [2.24, 2.45) is 40.7 Å². The normalized spacial score (nSPS) is 56.8. The highest BCUT2D eigenvalue weighted by atomic mass is 17.3. The molecule has 0 aromatic carbocycles. The van der Waals surface area contributed by atoms with Crippen LogP contribution in [0.25, 0.3) is 0 Å². The lowest BCUT2D eigenvalue weighted by Crippen LogP contribution is -2.59. The van der Waals surface area contributed by atoms with E-state index in [2.05, 4.69) is 5.18 Å². The van der Waals surface area contributed by atoms with Gasteiger partial charge >= 0.3 is 0 Å². The van der Waals surface area contributed by atoms with Crippen molar-refractivity contribution in [3.05, 3.63) is 4.91 Å². The Labute approximate surface area is 161 Å². The van der Waals surface area contributed by atoms with Crippen LogP contribution in [0.2, 0.25) is 0 Å². The predicted octanol–water partition coefficient (Wildman–Crippen LogP) is 5.33. The summed E-state index contributed by atoms with van der Waals surface area (Å²) in [6.07, 6.45) is 15.2. The fourth-order valence-corrected chi connectivity index (χ4v) is 8.02. The fourth-order valence-electron chi connectivity index (χ4n) is 8.02. The molecule has 0 aromatic heterocycles. The van der Waals surface area contributed by atoms with Gasteiger partial charge in [-0.05, 0) is 94.3 Å². The lowest BCUT2D eigenvalue weighted by atomic mass is 9.53. The van der Waals surface area contributed by atoms with Gasteiger partial charge in [-0.1, -0.05) is 5.18 Å². The van der Waals surface area contributed by atoms with E-state index in [1.807, 2.05) is 0 Å². The Morgan fingerprint density at radius 1 is 0.704 bits per heavy atom. The molecule has 0 atom stereocenters. The maximum atomic E-state index is 10.8. The number of nitroso groups, excluding NO2 is 1. The highest BCUT2D eigenvalue weighted by molar-refractivity contribution is 5.05. The molecule has 0 radical (unpaired) electrons. The van der Waals surface area contributed by atoms with Crippen LogP contribution in [0.4, 0.5) is 0 Å². The van der Waals surface area contributed by atoms with Crippen molar-refractivity contribution >= 4 is 0 Å². The van der Waals surface area contributed by atoms with E-state index in [1.54, 1.807) is 0 Å². The van der Waals surface area contributed by atoms with Crippen LogP contribution in [-0.4, -0.2) is 17.6 Å². The molecule has 7 rings (SSSR count). The van der Waals surface area contributed by atoms with Crippen LogP contribution >= 0.6 is 0 Å². The van der Waals surface area contributed by atoms with Gasteiger partial charge in [0.15, 0.2) is 0 Å². The van der Waals surface area contributed by atoms with E-state index < -0.39 is 11.6 Å². The number of nitrogens with zero attached hydrogens (tertiary/aromatic N) is 1. The lowest BCUT2D eigenvalue weighted by Gasteiger charge is -2.57. The molecule has 5 heteroatoms. The van der Waals surface area contributed by atoms with E-state index in [4.69, 9.17) is 14.5 Å². The van der Waals surface area contributed by atoms with Crippen LogP contribution in [0, 0.1) is 40.4 Å². The molecule has 6 saturated carbocycles. The molecule has 7 fully saturated rings. The van der Waals surface area contributed by atoms with Crippen LogP contribution < -0.4 is 0 Å². The minimum absolute atomic E-state index is 0.0721. The second-order valence-electron chi connectivity index (χ2n) is 10.7. The molecule has 1 saturated heterocycles. The van der Waals surface area contributed by atoms with Crippen LogP contribution in [0.1, 0.15) is 83.5 Å². The first-order valence-corrected chi connectivity index (χ1v) is 11.6. The Morgan fingerprint density at radius 3 is 1.89 bits per heavy atom. The smallest absolute Gasteiger partial charge is 0.210 e. The van der Waals surface area contributed by atoms with Crippen molar-refractivity contribution in [1.82, 2.24) is 0 Å². The molecule has 0 unspecified atom stereocenters. The largest absolute Gasteiger partial charge is 0.312 e. The first-order chi connectivity index (χ1) is 13.2. The van der Waals surface area contributed by atoms with Crippen LogP contribution in [0.5, 0.6) is 0 Å². The second-order valence-corrected chi connectivity index (χ2v) is 10.7. The van der Waals surface area contributed by atoms with E-state index in [0.717, 1.165) is 49.4 Å². The van der Waals surface area contributed by atoms with Gasteiger partial charge in [-0.15, -0.1) is 0 Å². The van der Waals surface area contributed by atoms with Gasteiger partial charge in [0.1, 0.15) is 0 Å². The minimum Gasteiger partial charge on any atom is -0.312 e. The Morgan fingerprint density at radius 2 is 1.30 bits per heavy atom. The standard InChI is InChI=1S/C22H33NO4/c24-23-20-3-1-16(2-4-20)17-5-7-21(8-6-17)25-22(27-26-21)18-10-14-9-15(12-18)13-19(22)11-14/h14-20H,1-13H2. The summed E-state index contributed by atoms with van der Waals surface area (Å²) in [5.74, 6) is 3.54. The quantitative estimate of drug-likeness (QED) is 0.483. The van der Waals surface area contributed by atoms with E-state index in [0.29, 0.717) is 11.8 Å². The molecule has 150 valence electrons. The van der Waals surface area contributed by atoms with Crippen LogP contribution in [-0.2, 0) is 14.5 Å². The molecular weight excluding hydrogens is 342 g/mol. The number of rotatable bonds is 2. The van der Waals surface area contributed by atoms with Gasteiger partial charge in [-0.2, -0.15) is 14.7 Å².